The van der Waals surface area contributed by atoms with Crippen LogP contribution >= 0.6 is 11.6 Å². The molecule has 0 saturated carbocycles. The zero-order valence-corrected chi connectivity index (χ0v) is 38.3. The summed E-state index contributed by atoms with van der Waals surface area (Å²) < 4.78 is 40.0. The zero-order chi connectivity index (χ0) is 46.4. The van der Waals surface area contributed by atoms with Gasteiger partial charge >= 0.3 is 18.0 Å². The van der Waals surface area contributed by atoms with Crippen LogP contribution in [0.15, 0.2) is 83.2 Å². The van der Waals surface area contributed by atoms with Crippen LogP contribution in [0.3, 0.4) is 0 Å². The third-order valence-corrected chi connectivity index (χ3v) is 10.7. The summed E-state index contributed by atoms with van der Waals surface area (Å²) in [6.45, 7) is 13.2. The highest BCUT2D eigenvalue weighted by Gasteiger charge is 2.33. The van der Waals surface area contributed by atoms with Crippen LogP contribution in [-0.4, -0.2) is 85.8 Å². The number of nitrogens with one attached hydrogen (secondary N) is 4. The fraction of sp³-hybridized carbons (Fsp3) is 0.467. The van der Waals surface area contributed by atoms with Crippen molar-refractivity contribution in [3.05, 3.63) is 94.4 Å². The van der Waals surface area contributed by atoms with E-state index in [9.17, 15) is 37.2 Å². The van der Waals surface area contributed by atoms with Crippen molar-refractivity contribution in [2.75, 3.05) is 6.26 Å². The standard InChI is InChI=1S/C45H59ClN4O11S/c1-28(2)39(42(55)47-32(25-36(46)62(9,57)58)26-38(52)61-45(6,7)8)50-41(54)35(24-31-20-15-19-30-18-13-14-21-33(30)31)48-40(53)34(22-23-37(51)60-44(3,4)5)49-43(56)59-27-29-16-11-10-12-17-29/h10-21,25,28,32,34-35,39H,22-24,26-27H2,1-9H3,(H,47,55)(H,48,53)(H,49,56)(H,50,54). The molecule has 0 heterocycles. The minimum Gasteiger partial charge on any atom is -0.460 e. The Labute approximate surface area is 369 Å². The van der Waals surface area contributed by atoms with Gasteiger partial charge in [-0.2, -0.15) is 0 Å². The number of fused-ring (bicyclic) bond motifs is 1. The third-order valence-electron chi connectivity index (χ3n) is 8.88. The molecule has 0 spiro atoms. The van der Waals surface area contributed by atoms with Crippen LogP contribution in [0.25, 0.3) is 10.8 Å². The molecule has 3 rings (SSSR count). The number of carbonyl (C=O) groups is 6. The van der Waals surface area contributed by atoms with E-state index in [4.69, 9.17) is 25.8 Å². The van der Waals surface area contributed by atoms with Crippen molar-refractivity contribution in [1.29, 1.82) is 0 Å². The first kappa shape index (κ1) is 50.9. The fourth-order valence-corrected chi connectivity index (χ4v) is 6.62. The van der Waals surface area contributed by atoms with Gasteiger partial charge in [0, 0.05) is 19.1 Å². The number of amides is 4. The molecule has 62 heavy (non-hydrogen) atoms. The number of ether oxygens (including phenoxy) is 3. The number of sulfone groups is 1. The van der Waals surface area contributed by atoms with Gasteiger partial charge < -0.3 is 35.5 Å². The molecule has 0 aliphatic rings. The maximum absolute atomic E-state index is 14.4. The van der Waals surface area contributed by atoms with E-state index in [1.54, 1.807) is 97.9 Å². The second-order valence-corrected chi connectivity index (χ2v) is 19.8. The smallest absolute Gasteiger partial charge is 0.408 e. The lowest BCUT2D eigenvalue weighted by Gasteiger charge is -2.28. The molecule has 0 bridgehead atoms. The van der Waals surface area contributed by atoms with E-state index in [1.165, 1.54) is 0 Å². The molecule has 3 aromatic carbocycles. The van der Waals surface area contributed by atoms with Crippen molar-refractivity contribution in [3.63, 3.8) is 0 Å². The summed E-state index contributed by atoms with van der Waals surface area (Å²) in [4.78, 5) is 81.2. The van der Waals surface area contributed by atoms with E-state index in [1.807, 2.05) is 30.3 Å². The van der Waals surface area contributed by atoms with Crippen LogP contribution in [-0.2, 0) is 61.0 Å². The zero-order valence-electron chi connectivity index (χ0n) is 36.7. The molecule has 17 heteroatoms. The van der Waals surface area contributed by atoms with Gasteiger partial charge in [-0.1, -0.05) is 98.2 Å². The summed E-state index contributed by atoms with van der Waals surface area (Å²) in [6, 6.07) is 16.5. The SMILES string of the molecule is CC(C)C(NC(=O)C(Cc1cccc2ccccc12)NC(=O)C(CCC(=O)OC(C)(C)C)NC(=O)OCc1ccccc1)C(=O)NC(C=C(Cl)S(C)(=O)=O)CC(=O)OC(C)(C)C. The van der Waals surface area contributed by atoms with Gasteiger partial charge in [0.2, 0.25) is 17.7 Å². The van der Waals surface area contributed by atoms with E-state index < -0.39 is 97.7 Å². The lowest BCUT2D eigenvalue weighted by molar-refractivity contribution is -0.156. The molecular weight excluding hydrogens is 840 g/mol. The van der Waals surface area contributed by atoms with Gasteiger partial charge in [-0.25, -0.2) is 13.2 Å². The van der Waals surface area contributed by atoms with Gasteiger partial charge in [0.05, 0.1) is 12.5 Å². The maximum Gasteiger partial charge on any atom is 0.408 e. The summed E-state index contributed by atoms with van der Waals surface area (Å²) in [7, 11) is -3.92. The molecule has 3 aromatic rings. The van der Waals surface area contributed by atoms with E-state index in [-0.39, 0.29) is 25.9 Å². The lowest BCUT2D eigenvalue weighted by atomic mass is 9.97. The lowest BCUT2D eigenvalue weighted by Crippen LogP contribution is -2.59. The molecule has 338 valence electrons. The average Bonchev–Trinajstić information content (AvgIpc) is 3.15. The Balaban J connectivity index is 1.97. The van der Waals surface area contributed by atoms with Gasteiger partial charge in [0.1, 0.15) is 40.3 Å². The highest BCUT2D eigenvalue weighted by Crippen LogP contribution is 2.21. The largest absolute Gasteiger partial charge is 0.460 e. The predicted octanol–water partition coefficient (Wildman–Crippen LogP) is 5.77. The predicted molar refractivity (Wildman–Crippen MR) is 236 cm³/mol. The number of carbonyl (C=O) groups excluding carboxylic acids is 6. The van der Waals surface area contributed by atoms with E-state index in [0.29, 0.717) is 11.1 Å². The van der Waals surface area contributed by atoms with E-state index >= 15 is 0 Å². The van der Waals surface area contributed by atoms with E-state index in [2.05, 4.69) is 21.3 Å². The number of rotatable bonds is 19. The summed E-state index contributed by atoms with van der Waals surface area (Å²) >= 11 is 6.06. The Morgan fingerprint density at radius 2 is 1.29 bits per heavy atom. The average molecular weight is 900 g/mol. The Kier molecular flexibility index (Phi) is 18.5. The van der Waals surface area contributed by atoms with Crippen LogP contribution < -0.4 is 21.3 Å². The number of benzene rings is 3. The number of hydrogen-bond donors (Lipinski definition) is 4. The van der Waals surface area contributed by atoms with Crippen LogP contribution in [0.1, 0.15) is 85.8 Å². The number of halogens is 1. The summed E-state index contributed by atoms with van der Waals surface area (Å²) in [5, 5.41) is 12.3. The molecule has 0 fully saturated rings. The Hall–Kier alpha value is -5.48. The first-order valence-electron chi connectivity index (χ1n) is 20.2. The van der Waals surface area contributed by atoms with Crippen molar-refractivity contribution in [3.8, 4) is 0 Å². The summed E-state index contributed by atoms with van der Waals surface area (Å²) in [5.41, 5.74) is -0.337. The highest BCUT2D eigenvalue weighted by atomic mass is 35.5. The Morgan fingerprint density at radius 1 is 0.710 bits per heavy atom. The molecular formula is C45H59ClN4O11S. The second kappa shape index (κ2) is 22.6. The van der Waals surface area contributed by atoms with Crippen LogP contribution in [0.2, 0.25) is 0 Å². The second-order valence-electron chi connectivity index (χ2n) is 17.2. The van der Waals surface area contributed by atoms with Gasteiger partial charge in [-0.3, -0.25) is 24.0 Å². The number of hydrogen-bond acceptors (Lipinski definition) is 11. The molecule has 0 aliphatic carbocycles. The van der Waals surface area contributed by atoms with Crippen molar-refractivity contribution >= 4 is 68.0 Å². The molecule has 4 amide bonds. The third kappa shape index (κ3) is 17.9. The molecule has 0 aromatic heterocycles. The monoisotopic (exact) mass is 898 g/mol. The number of alkyl carbamates (subject to hydrolysis) is 1. The minimum absolute atomic E-state index is 0.0728. The summed E-state index contributed by atoms with van der Waals surface area (Å²) in [5.74, 6) is -4.35. The Morgan fingerprint density at radius 3 is 1.90 bits per heavy atom. The minimum atomic E-state index is -3.92. The molecule has 15 nitrogen and oxygen atoms in total. The molecule has 4 unspecified atom stereocenters. The normalized spacial score (nSPS) is 14.1. The van der Waals surface area contributed by atoms with Crippen molar-refractivity contribution in [2.45, 2.75) is 123 Å². The van der Waals surface area contributed by atoms with Crippen molar-refractivity contribution < 1.29 is 51.4 Å². The fourth-order valence-electron chi connectivity index (χ4n) is 6.06. The topological polar surface area (TPSA) is 212 Å². The first-order chi connectivity index (χ1) is 28.8. The number of esters is 2. The molecule has 4 atom stereocenters. The van der Waals surface area contributed by atoms with Gasteiger partial charge in [-0.05, 0) is 81.9 Å². The molecule has 0 aliphatic heterocycles. The van der Waals surface area contributed by atoms with Crippen molar-refractivity contribution in [2.24, 2.45) is 5.92 Å². The van der Waals surface area contributed by atoms with Gasteiger partial charge in [0.15, 0.2) is 9.84 Å². The van der Waals surface area contributed by atoms with Gasteiger partial charge in [-0.15, -0.1) is 0 Å². The molecule has 0 radical (unpaired) electrons. The maximum atomic E-state index is 14.4. The van der Waals surface area contributed by atoms with E-state index in [0.717, 1.165) is 23.1 Å². The van der Waals surface area contributed by atoms with Crippen LogP contribution in [0.5, 0.6) is 0 Å². The highest BCUT2D eigenvalue weighted by molar-refractivity contribution is 7.96. The van der Waals surface area contributed by atoms with Crippen LogP contribution in [0, 0.1) is 5.92 Å². The van der Waals surface area contributed by atoms with Crippen LogP contribution in [0.4, 0.5) is 4.79 Å². The quantitative estimate of drug-likeness (QED) is 0.0839. The Bertz CT molecular complexity index is 2190. The molecule has 0 saturated heterocycles. The van der Waals surface area contributed by atoms with Gasteiger partial charge in [0.25, 0.3) is 0 Å². The first-order valence-corrected chi connectivity index (χ1v) is 22.4. The summed E-state index contributed by atoms with van der Waals surface area (Å²) in [6.07, 6.45) is -0.122. The van der Waals surface area contributed by atoms with Crippen molar-refractivity contribution in [1.82, 2.24) is 21.3 Å². The molecule has 4 N–H and O–H groups in total.